The monoisotopic (exact) mass is 431 g/mol. The molecule has 32 heavy (non-hydrogen) atoms. The van der Waals surface area contributed by atoms with E-state index in [9.17, 15) is 19.5 Å². The number of carbonyl (C=O) groups excluding carboxylic acids is 2. The summed E-state index contributed by atoms with van der Waals surface area (Å²) in [5.41, 5.74) is 1.78. The van der Waals surface area contributed by atoms with Crippen LogP contribution in [0.1, 0.15) is 39.7 Å². The van der Waals surface area contributed by atoms with Gasteiger partial charge >= 0.3 is 5.97 Å². The number of carboxylic acids is 1. The molecular formula is C25H21NO6. The van der Waals surface area contributed by atoms with E-state index in [1.165, 1.54) is 23.3 Å². The van der Waals surface area contributed by atoms with Gasteiger partial charge < -0.3 is 19.5 Å². The van der Waals surface area contributed by atoms with Gasteiger partial charge in [0.05, 0.1) is 17.4 Å². The van der Waals surface area contributed by atoms with Gasteiger partial charge in [-0.2, -0.15) is 0 Å². The SMILES string of the molecule is O=C(CCc1ccccc1)C1=C(O)C(=O)N(Cc2ccc(C(=O)O)cc2)C1c1ccco1. The molecule has 7 nitrogen and oxygen atoms in total. The van der Waals surface area contributed by atoms with Gasteiger partial charge in [0.2, 0.25) is 0 Å². The number of amides is 1. The maximum Gasteiger partial charge on any atom is 0.335 e. The van der Waals surface area contributed by atoms with Crippen LogP contribution in [0.2, 0.25) is 0 Å². The number of ketones is 1. The van der Waals surface area contributed by atoms with Gasteiger partial charge in [0.15, 0.2) is 11.5 Å². The van der Waals surface area contributed by atoms with E-state index in [0.717, 1.165) is 5.56 Å². The molecule has 1 atom stereocenters. The van der Waals surface area contributed by atoms with Crippen LogP contribution in [0, 0.1) is 0 Å². The van der Waals surface area contributed by atoms with Gasteiger partial charge in [-0.3, -0.25) is 9.59 Å². The molecule has 0 aliphatic carbocycles. The third kappa shape index (κ3) is 4.18. The summed E-state index contributed by atoms with van der Waals surface area (Å²) in [7, 11) is 0. The van der Waals surface area contributed by atoms with Crippen molar-refractivity contribution in [3.05, 3.63) is 107 Å². The lowest BCUT2D eigenvalue weighted by molar-refractivity contribution is -0.130. The van der Waals surface area contributed by atoms with E-state index in [1.54, 1.807) is 24.3 Å². The lowest BCUT2D eigenvalue weighted by Gasteiger charge is -2.25. The number of aliphatic hydroxyl groups is 1. The molecule has 1 unspecified atom stereocenters. The fourth-order valence-electron chi connectivity index (χ4n) is 3.83. The molecule has 162 valence electrons. The first-order valence-corrected chi connectivity index (χ1v) is 10.1. The fraction of sp³-hybridized carbons (Fsp3) is 0.160. The molecule has 3 aromatic rings. The molecule has 1 amide bonds. The Morgan fingerprint density at radius 3 is 2.28 bits per heavy atom. The quantitative estimate of drug-likeness (QED) is 0.557. The molecule has 1 aliphatic rings. The van der Waals surface area contributed by atoms with Crippen molar-refractivity contribution in [2.45, 2.75) is 25.4 Å². The molecule has 0 saturated heterocycles. The molecular weight excluding hydrogens is 410 g/mol. The van der Waals surface area contributed by atoms with Gasteiger partial charge in [0.1, 0.15) is 11.8 Å². The number of Topliss-reactive ketones (excluding diaryl/α,β-unsaturated/α-hetero) is 1. The summed E-state index contributed by atoms with van der Waals surface area (Å²) in [4.78, 5) is 38.5. The standard InChI is InChI=1S/C25H21NO6/c27-19(13-10-16-5-2-1-3-6-16)21-22(20-7-4-14-32-20)26(24(29)23(21)28)15-17-8-11-18(12-9-17)25(30)31/h1-9,11-12,14,22,28H,10,13,15H2,(H,30,31). The van der Waals surface area contributed by atoms with Gasteiger partial charge in [0, 0.05) is 13.0 Å². The Bertz CT molecular complexity index is 1160. The topological polar surface area (TPSA) is 108 Å². The van der Waals surface area contributed by atoms with Crippen molar-refractivity contribution in [3.8, 4) is 0 Å². The Morgan fingerprint density at radius 1 is 0.938 bits per heavy atom. The van der Waals surface area contributed by atoms with Crippen LogP contribution in [0.25, 0.3) is 0 Å². The molecule has 2 heterocycles. The normalized spacial score (nSPS) is 15.9. The molecule has 2 N–H and O–H groups in total. The van der Waals surface area contributed by atoms with Crippen LogP contribution in [0.3, 0.4) is 0 Å². The van der Waals surface area contributed by atoms with Crippen LogP contribution >= 0.6 is 0 Å². The Labute approximate surface area is 184 Å². The zero-order valence-electron chi connectivity index (χ0n) is 17.1. The summed E-state index contributed by atoms with van der Waals surface area (Å²) in [5, 5.41) is 19.7. The first kappa shape index (κ1) is 21.1. The minimum atomic E-state index is -1.05. The average Bonchev–Trinajstić information content (AvgIpc) is 3.41. The van der Waals surface area contributed by atoms with Crippen LogP contribution in [-0.4, -0.2) is 32.8 Å². The van der Waals surface area contributed by atoms with Crippen molar-refractivity contribution in [2.75, 3.05) is 0 Å². The van der Waals surface area contributed by atoms with E-state index >= 15 is 0 Å². The van der Waals surface area contributed by atoms with Crippen molar-refractivity contribution in [1.82, 2.24) is 4.90 Å². The Hall–Kier alpha value is -4.13. The van der Waals surface area contributed by atoms with Crippen LogP contribution in [0.5, 0.6) is 0 Å². The zero-order valence-corrected chi connectivity index (χ0v) is 17.1. The highest BCUT2D eigenvalue weighted by atomic mass is 16.4. The summed E-state index contributed by atoms with van der Waals surface area (Å²) < 4.78 is 5.51. The van der Waals surface area contributed by atoms with Gasteiger partial charge in [-0.25, -0.2) is 4.79 Å². The number of hydrogen-bond donors (Lipinski definition) is 2. The van der Waals surface area contributed by atoms with Gasteiger partial charge in [0.25, 0.3) is 5.91 Å². The number of furan rings is 1. The summed E-state index contributed by atoms with van der Waals surface area (Å²) in [6.07, 6.45) is 2.06. The number of aliphatic hydroxyl groups excluding tert-OH is 1. The third-order valence-corrected chi connectivity index (χ3v) is 5.45. The van der Waals surface area contributed by atoms with Crippen LogP contribution in [0.15, 0.2) is 88.7 Å². The molecule has 0 fully saturated rings. The first-order valence-electron chi connectivity index (χ1n) is 10.1. The highest BCUT2D eigenvalue weighted by molar-refractivity contribution is 6.08. The second-order valence-corrected chi connectivity index (χ2v) is 7.52. The fourth-order valence-corrected chi connectivity index (χ4v) is 3.83. The Kier molecular flexibility index (Phi) is 5.89. The zero-order chi connectivity index (χ0) is 22.7. The van der Waals surface area contributed by atoms with Crippen molar-refractivity contribution in [2.24, 2.45) is 0 Å². The van der Waals surface area contributed by atoms with Gasteiger partial charge in [-0.15, -0.1) is 0 Å². The predicted molar refractivity (Wildman–Crippen MR) is 115 cm³/mol. The molecule has 1 aromatic heterocycles. The summed E-state index contributed by atoms with van der Waals surface area (Å²) in [5.74, 6) is -2.26. The number of benzene rings is 2. The molecule has 1 aliphatic heterocycles. The predicted octanol–water partition coefficient (Wildman–Crippen LogP) is 4.08. The second kappa shape index (κ2) is 8.93. The maximum atomic E-state index is 13.1. The molecule has 0 bridgehead atoms. The van der Waals surface area contributed by atoms with Crippen molar-refractivity contribution in [1.29, 1.82) is 0 Å². The number of rotatable bonds is 8. The van der Waals surface area contributed by atoms with Gasteiger partial charge in [-0.1, -0.05) is 42.5 Å². The third-order valence-electron chi connectivity index (χ3n) is 5.45. The Morgan fingerprint density at radius 2 is 1.66 bits per heavy atom. The van der Waals surface area contributed by atoms with E-state index < -0.39 is 23.7 Å². The van der Waals surface area contributed by atoms with E-state index in [2.05, 4.69) is 0 Å². The molecule has 0 saturated carbocycles. The number of nitrogens with zero attached hydrogens (tertiary/aromatic N) is 1. The van der Waals surface area contributed by atoms with E-state index in [0.29, 0.717) is 17.7 Å². The number of aryl methyl sites for hydroxylation is 1. The molecule has 0 radical (unpaired) electrons. The number of aromatic carboxylic acids is 1. The van der Waals surface area contributed by atoms with Crippen molar-refractivity contribution in [3.63, 3.8) is 0 Å². The highest BCUT2D eigenvalue weighted by Gasteiger charge is 2.44. The largest absolute Gasteiger partial charge is 0.503 e. The van der Waals surface area contributed by atoms with Crippen LogP contribution in [-0.2, 0) is 22.6 Å². The average molecular weight is 431 g/mol. The lowest BCUT2D eigenvalue weighted by Crippen LogP contribution is -2.30. The molecule has 0 spiro atoms. The minimum absolute atomic E-state index is 0.0167. The molecule has 7 heteroatoms. The van der Waals surface area contributed by atoms with Crippen molar-refractivity contribution >= 4 is 17.7 Å². The second-order valence-electron chi connectivity index (χ2n) is 7.52. The number of carboxylic acid groups (broad SMARTS) is 1. The highest BCUT2D eigenvalue weighted by Crippen LogP contribution is 2.39. The van der Waals surface area contributed by atoms with E-state index in [-0.39, 0.29) is 29.9 Å². The summed E-state index contributed by atoms with van der Waals surface area (Å²) in [6.45, 7) is 0.0730. The Balaban J connectivity index is 1.60. The first-order chi connectivity index (χ1) is 15.5. The van der Waals surface area contributed by atoms with Crippen LogP contribution in [0.4, 0.5) is 0 Å². The summed E-state index contributed by atoms with van der Waals surface area (Å²) >= 11 is 0. The van der Waals surface area contributed by atoms with Crippen LogP contribution < -0.4 is 0 Å². The van der Waals surface area contributed by atoms with Gasteiger partial charge in [-0.05, 0) is 41.8 Å². The summed E-state index contributed by atoms with van der Waals surface area (Å²) in [6, 6.07) is 18.0. The van der Waals surface area contributed by atoms with E-state index in [1.807, 2.05) is 30.3 Å². The number of carbonyl (C=O) groups is 3. The number of hydrogen-bond acceptors (Lipinski definition) is 5. The lowest BCUT2D eigenvalue weighted by atomic mass is 9.96. The smallest absolute Gasteiger partial charge is 0.335 e. The molecule has 4 rings (SSSR count). The van der Waals surface area contributed by atoms with Crippen molar-refractivity contribution < 1.29 is 29.0 Å². The maximum absolute atomic E-state index is 13.1. The minimum Gasteiger partial charge on any atom is -0.503 e. The van der Waals surface area contributed by atoms with E-state index in [4.69, 9.17) is 9.52 Å². The molecule has 2 aromatic carbocycles.